The standard InChI is InChI=1S/C16H32N2/c1-4-18-11-9-16(10-12-18)7-5-15(6-8-16)17-13-14(2)3/h14-15,17H,4-13H2,1-3H3. The van der Waals surface area contributed by atoms with Gasteiger partial charge in [0.2, 0.25) is 0 Å². The lowest BCUT2D eigenvalue weighted by atomic mass is 9.67. The van der Waals surface area contributed by atoms with E-state index in [1.54, 1.807) is 0 Å². The van der Waals surface area contributed by atoms with Crippen molar-refractivity contribution in [2.75, 3.05) is 26.2 Å². The Bertz CT molecular complexity index is 231. The molecule has 1 saturated heterocycles. The van der Waals surface area contributed by atoms with Crippen molar-refractivity contribution in [1.82, 2.24) is 10.2 Å². The van der Waals surface area contributed by atoms with Crippen LogP contribution in [0.5, 0.6) is 0 Å². The molecule has 2 rings (SSSR count). The molecule has 106 valence electrons. The van der Waals surface area contributed by atoms with Crippen LogP contribution in [0.25, 0.3) is 0 Å². The van der Waals surface area contributed by atoms with Crippen LogP contribution < -0.4 is 5.32 Å². The molecule has 0 atom stereocenters. The Morgan fingerprint density at radius 3 is 2.22 bits per heavy atom. The molecule has 1 heterocycles. The monoisotopic (exact) mass is 252 g/mol. The first-order chi connectivity index (χ1) is 8.63. The Labute approximate surface area is 114 Å². The van der Waals surface area contributed by atoms with Crippen LogP contribution in [-0.4, -0.2) is 37.1 Å². The van der Waals surface area contributed by atoms with Gasteiger partial charge in [0.05, 0.1) is 0 Å². The maximum Gasteiger partial charge on any atom is 0.00675 e. The highest BCUT2D eigenvalue weighted by Crippen LogP contribution is 2.44. The first-order valence-corrected chi connectivity index (χ1v) is 8.09. The van der Waals surface area contributed by atoms with Crippen LogP contribution in [-0.2, 0) is 0 Å². The number of rotatable bonds is 4. The minimum atomic E-state index is 0.724. The highest BCUT2D eigenvalue weighted by molar-refractivity contribution is 4.91. The van der Waals surface area contributed by atoms with E-state index < -0.39 is 0 Å². The van der Waals surface area contributed by atoms with Crippen molar-refractivity contribution >= 4 is 0 Å². The summed E-state index contributed by atoms with van der Waals surface area (Å²) in [5, 5.41) is 3.75. The zero-order valence-corrected chi connectivity index (χ0v) is 12.7. The average molecular weight is 252 g/mol. The van der Waals surface area contributed by atoms with Gasteiger partial charge in [-0.2, -0.15) is 0 Å². The van der Waals surface area contributed by atoms with Crippen LogP contribution in [0, 0.1) is 11.3 Å². The number of likely N-dealkylation sites (tertiary alicyclic amines) is 1. The quantitative estimate of drug-likeness (QED) is 0.826. The SMILES string of the molecule is CCN1CCC2(CCC(NCC(C)C)CC2)CC1. The van der Waals surface area contributed by atoms with Gasteiger partial charge in [-0.15, -0.1) is 0 Å². The van der Waals surface area contributed by atoms with E-state index in [4.69, 9.17) is 0 Å². The van der Waals surface area contributed by atoms with Crippen molar-refractivity contribution in [3.63, 3.8) is 0 Å². The summed E-state index contributed by atoms with van der Waals surface area (Å²) in [6.45, 7) is 12.0. The zero-order valence-electron chi connectivity index (χ0n) is 12.7. The molecule has 0 aromatic rings. The van der Waals surface area contributed by atoms with Gasteiger partial charge in [-0.1, -0.05) is 20.8 Å². The number of hydrogen-bond acceptors (Lipinski definition) is 2. The number of hydrogen-bond donors (Lipinski definition) is 1. The van der Waals surface area contributed by atoms with E-state index >= 15 is 0 Å². The van der Waals surface area contributed by atoms with E-state index in [-0.39, 0.29) is 0 Å². The summed E-state index contributed by atoms with van der Waals surface area (Å²) in [4.78, 5) is 2.62. The molecule has 1 aliphatic heterocycles. The smallest absolute Gasteiger partial charge is 0.00675 e. The molecule has 1 N–H and O–H groups in total. The van der Waals surface area contributed by atoms with Gasteiger partial charge >= 0.3 is 0 Å². The summed E-state index contributed by atoms with van der Waals surface area (Å²) in [5.74, 6) is 0.786. The Kier molecular flexibility index (Phi) is 5.08. The van der Waals surface area contributed by atoms with Gasteiger partial charge in [0, 0.05) is 6.04 Å². The lowest BCUT2D eigenvalue weighted by Crippen LogP contribution is -2.45. The lowest BCUT2D eigenvalue weighted by molar-refractivity contribution is 0.0607. The zero-order chi connectivity index (χ0) is 13.0. The summed E-state index contributed by atoms with van der Waals surface area (Å²) in [6, 6.07) is 0.808. The van der Waals surface area contributed by atoms with Gasteiger partial charge in [-0.25, -0.2) is 0 Å². The van der Waals surface area contributed by atoms with Gasteiger partial charge in [0.1, 0.15) is 0 Å². The van der Waals surface area contributed by atoms with Crippen LogP contribution >= 0.6 is 0 Å². The molecule has 1 spiro atoms. The fourth-order valence-electron chi connectivity index (χ4n) is 3.68. The molecule has 0 unspecified atom stereocenters. The maximum atomic E-state index is 3.75. The summed E-state index contributed by atoms with van der Waals surface area (Å²) in [6.07, 6.45) is 8.69. The Morgan fingerprint density at radius 1 is 1.11 bits per heavy atom. The summed E-state index contributed by atoms with van der Waals surface area (Å²) >= 11 is 0. The molecule has 1 aliphatic carbocycles. The second-order valence-corrected chi connectivity index (χ2v) is 7.01. The first kappa shape index (κ1) is 14.3. The first-order valence-electron chi connectivity index (χ1n) is 8.09. The van der Waals surface area contributed by atoms with Crippen LogP contribution in [0.2, 0.25) is 0 Å². The highest BCUT2D eigenvalue weighted by Gasteiger charge is 2.37. The molecule has 1 saturated carbocycles. The Morgan fingerprint density at radius 2 is 1.72 bits per heavy atom. The molecule has 2 fully saturated rings. The number of nitrogens with one attached hydrogen (secondary N) is 1. The third kappa shape index (κ3) is 3.71. The fourth-order valence-corrected chi connectivity index (χ4v) is 3.68. The molecular formula is C16H32N2. The summed E-state index contributed by atoms with van der Waals surface area (Å²) < 4.78 is 0. The molecule has 2 heteroatoms. The highest BCUT2D eigenvalue weighted by atomic mass is 15.1. The van der Waals surface area contributed by atoms with Crippen molar-refractivity contribution in [3.8, 4) is 0 Å². The van der Waals surface area contributed by atoms with Gasteiger partial charge < -0.3 is 10.2 Å². The predicted molar refractivity (Wildman–Crippen MR) is 78.9 cm³/mol. The fraction of sp³-hybridized carbons (Fsp3) is 1.00. The van der Waals surface area contributed by atoms with Crippen molar-refractivity contribution in [2.45, 2.75) is 65.3 Å². The van der Waals surface area contributed by atoms with Crippen molar-refractivity contribution < 1.29 is 0 Å². The molecule has 2 nitrogen and oxygen atoms in total. The third-order valence-electron chi connectivity index (χ3n) is 5.22. The van der Waals surface area contributed by atoms with E-state index in [0.717, 1.165) is 17.4 Å². The largest absolute Gasteiger partial charge is 0.314 e. The van der Waals surface area contributed by atoms with E-state index in [0.29, 0.717) is 0 Å². The lowest BCUT2D eigenvalue weighted by Gasteiger charge is -2.46. The summed E-state index contributed by atoms with van der Waals surface area (Å²) in [5.41, 5.74) is 0.724. The predicted octanol–water partition coefficient (Wildman–Crippen LogP) is 3.28. The molecule has 0 bridgehead atoms. The van der Waals surface area contributed by atoms with Crippen molar-refractivity contribution in [1.29, 1.82) is 0 Å². The topological polar surface area (TPSA) is 15.3 Å². The van der Waals surface area contributed by atoms with Crippen LogP contribution in [0.3, 0.4) is 0 Å². The number of nitrogens with zero attached hydrogens (tertiary/aromatic N) is 1. The van der Waals surface area contributed by atoms with Gasteiger partial charge in [-0.3, -0.25) is 0 Å². The second-order valence-electron chi connectivity index (χ2n) is 7.01. The van der Waals surface area contributed by atoms with E-state index in [1.165, 1.54) is 64.7 Å². The van der Waals surface area contributed by atoms with Gasteiger partial charge in [0.25, 0.3) is 0 Å². The van der Waals surface area contributed by atoms with Gasteiger partial charge in [-0.05, 0) is 76.0 Å². The average Bonchev–Trinajstić information content (AvgIpc) is 2.39. The Hall–Kier alpha value is -0.0800. The maximum absolute atomic E-state index is 3.75. The molecule has 18 heavy (non-hydrogen) atoms. The molecule has 2 aliphatic rings. The van der Waals surface area contributed by atoms with E-state index in [2.05, 4.69) is 31.0 Å². The number of piperidine rings is 1. The minimum Gasteiger partial charge on any atom is -0.314 e. The molecule has 0 radical (unpaired) electrons. The van der Waals surface area contributed by atoms with Crippen molar-refractivity contribution in [3.05, 3.63) is 0 Å². The molecule has 0 aromatic heterocycles. The van der Waals surface area contributed by atoms with Crippen LogP contribution in [0.1, 0.15) is 59.3 Å². The Balaban J connectivity index is 1.73. The molecule has 0 amide bonds. The van der Waals surface area contributed by atoms with E-state index in [1.807, 2.05) is 0 Å². The molecule has 0 aromatic carbocycles. The van der Waals surface area contributed by atoms with Gasteiger partial charge in [0.15, 0.2) is 0 Å². The van der Waals surface area contributed by atoms with Crippen molar-refractivity contribution in [2.24, 2.45) is 11.3 Å². The van der Waals surface area contributed by atoms with Crippen LogP contribution in [0.15, 0.2) is 0 Å². The van der Waals surface area contributed by atoms with E-state index in [9.17, 15) is 0 Å². The third-order valence-corrected chi connectivity index (χ3v) is 5.22. The molecular weight excluding hydrogens is 220 g/mol. The summed E-state index contributed by atoms with van der Waals surface area (Å²) in [7, 11) is 0. The second kappa shape index (κ2) is 6.38. The minimum absolute atomic E-state index is 0.724. The van der Waals surface area contributed by atoms with Crippen LogP contribution in [0.4, 0.5) is 0 Å². The normalized spacial score (nSPS) is 26.0.